The molecule has 0 aliphatic carbocycles. The zero-order valence-electron chi connectivity index (χ0n) is 8.22. The third-order valence-electron chi connectivity index (χ3n) is 3.12. The zero-order valence-corrected chi connectivity index (χ0v) is 9.94. The average molecular weight is 236 g/mol. The summed E-state index contributed by atoms with van der Waals surface area (Å²) in [5.41, 5.74) is 5.69. The van der Waals surface area contributed by atoms with Gasteiger partial charge in [-0.05, 0) is 31.8 Å². The molecule has 0 aromatic carbocycles. The number of amidine groups is 1. The lowest BCUT2D eigenvalue weighted by Gasteiger charge is -2.43. The van der Waals surface area contributed by atoms with Gasteiger partial charge in [0.25, 0.3) is 0 Å². The fourth-order valence-electron chi connectivity index (χ4n) is 2.33. The summed E-state index contributed by atoms with van der Waals surface area (Å²) in [5, 5.41) is 0. The molecule has 5 heteroatoms. The highest BCUT2D eigenvalue weighted by Crippen LogP contribution is 2.29. The molecule has 3 saturated heterocycles. The Hall–Kier alpha value is 0.0700. The summed E-state index contributed by atoms with van der Waals surface area (Å²) < 4.78 is 0. The molecule has 2 N–H and O–H groups in total. The van der Waals surface area contributed by atoms with Crippen molar-refractivity contribution in [1.82, 2.24) is 4.90 Å². The van der Waals surface area contributed by atoms with Crippen LogP contribution in [0.3, 0.4) is 0 Å². The molecule has 3 rings (SSSR count). The van der Waals surface area contributed by atoms with Crippen molar-refractivity contribution in [3.05, 3.63) is 0 Å². The summed E-state index contributed by atoms with van der Waals surface area (Å²) in [4.78, 5) is 7.00. The summed E-state index contributed by atoms with van der Waals surface area (Å²) in [6, 6.07) is 0.453. The van der Waals surface area contributed by atoms with E-state index in [0.717, 1.165) is 12.5 Å². The number of fused-ring (bicyclic) bond motifs is 3. The third-order valence-corrected chi connectivity index (χ3v) is 3.44. The second-order valence-corrected chi connectivity index (χ2v) is 4.30. The number of halogens is 1. The summed E-state index contributed by atoms with van der Waals surface area (Å²) in [7, 11) is 0. The second-order valence-electron chi connectivity index (χ2n) is 3.98. The van der Waals surface area contributed by atoms with Crippen molar-refractivity contribution in [2.75, 3.05) is 25.4 Å². The van der Waals surface area contributed by atoms with E-state index in [0.29, 0.717) is 17.6 Å². The normalized spacial score (nSPS) is 36.6. The lowest BCUT2D eigenvalue weighted by Crippen LogP contribution is -2.50. The summed E-state index contributed by atoms with van der Waals surface area (Å²) in [5.74, 6) is 2.06. The molecular weight excluding hydrogens is 218 g/mol. The Kier molecular flexibility index (Phi) is 4.54. The van der Waals surface area contributed by atoms with Crippen LogP contribution in [-0.2, 0) is 0 Å². The third kappa shape index (κ3) is 2.55. The molecule has 0 aromatic rings. The van der Waals surface area contributed by atoms with Gasteiger partial charge in [-0.1, -0.05) is 0 Å². The van der Waals surface area contributed by atoms with Crippen LogP contribution in [0.25, 0.3) is 0 Å². The molecule has 0 saturated carbocycles. The highest BCUT2D eigenvalue weighted by molar-refractivity contribution is 7.81. The first kappa shape index (κ1) is 12.1. The minimum absolute atomic E-state index is 0. The lowest BCUT2D eigenvalue weighted by molar-refractivity contribution is 0.0905. The number of hydrogen-bond donors (Lipinski definition) is 2. The minimum atomic E-state index is 0. The van der Waals surface area contributed by atoms with Crippen molar-refractivity contribution >= 4 is 30.9 Å². The van der Waals surface area contributed by atoms with Crippen molar-refractivity contribution in [2.24, 2.45) is 16.6 Å². The van der Waals surface area contributed by atoms with Crippen molar-refractivity contribution in [1.29, 1.82) is 0 Å². The number of thiol groups is 1. The Morgan fingerprint density at radius 3 is 2.50 bits per heavy atom. The Labute approximate surface area is 97.0 Å². The first-order valence-corrected chi connectivity index (χ1v) is 5.58. The zero-order chi connectivity index (χ0) is 9.26. The molecule has 3 aliphatic rings. The van der Waals surface area contributed by atoms with Gasteiger partial charge in [-0.2, -0.15) is 12.6 Å². The Balaban J connectivity index is 0.000000980. The number of nitrogens with zero attached hydrogens (tertiary/aromatic N) is 2. The number of aliphatic imine (C=N–C) groups is 1. The van der Waals surface area contributed by atoms with Gasteiger partial charge < -0.3 is 10.6 Å². The minimum Gasteiger partial charge on any atom is -0.387 e. The highest BCUT2D eigenvalue weighted by atomic mass is 35.5. The van der Waals surface area contributed by atoms with Crippen molar-refractivity contribution < 1.29 is 0 Å². The predicted molar refractivity (Wildman–Crippen MR) is 65.7 cm³/mol. The van der Waals surface area contributed by atoms with Crippen LogP contribution in [0.5, 0.6) is 0 Å². The van der Waals surface area contributed by atoms with Crippen LogP contribution < -0.4 is 5.73 Å². The molecule has 3 nitrogen and oxygen atoms in total. The smallest absolute Gasteiger partial charge is 0.104 e. The first-order chi connectivity index (χ1) is 6.29. The highest BCUT2D eigenvalue weighted by Gasteiger charge is 2.33. The Bertz CT molecular complexity index is 214. The molecule has 82 valence electrons. The quantitative estimate of drug-likeness (QED) is 0.422. The second kappa shape index (κ2) is 5.24. The molecule has 3 heterocycles. The van der Waals surface area contributed by atoms with Crippen LogP contribution in [0.15, 0.2) is 4.99 Å². The van der Waals surface area contributed by atoms with E-state index in [4.69, 9.17) is 5.73 Å². The van der Waals surface area contributed by atoms with Gasteiger partial charge in [0.05, 0.1) is 6.04 Å². The lowest BCUT2D eigenvalue weighted by atomic mass is 9.84. The summed E-state index contributed by atoms with van der Waals surface area (Å²) in [6.07, 6.45) is 2.60. The molecule has 14 heavy (non-hydrogen) atoms. The first-order valence-electron chi connectivity index (χ1n) is 4.95. The molecule has 2 bridgehead atoms. The van der Waals surface area contributed by atoms with E-state index in [2.05, 4.69) is 22.5 Å². The van der Waals surface area contributed by atoms with E-state index < -0.39 is 0 Å². The fourth-order valence-corrected chi connectivity index (χ4v) is 2.42. The molecule has 1 unspecified atom stereocenters. The molecular formula is C9H18ClN3S. The number of piperidine rings is 3. The molecule has 0 radical (unpaired) electrons. The maximum absolute atomic E-state index is 5.69. The van der Waals surface area contributed by atoms with Gasteiger partial charge in [-0.25, -0.2) is 0 Å². The van der Waals surface area contributed by atoms with Gasteiger partial charge in [-0.3, -0.25) is 4.99 Å². The molecule has 0 spiro atoms. The van der Waals surface area contributed by atoms with Crippen LogP contribution in [0.1, 0.15) is 12.8 Å². The van der Waals surface area contributed by atoms with Crippen LogP contribution in [0.4, 0.5) is 0 Å². The molecule has 1 atom stereocenters. The summed E-state index contributed by atoms with van der Waals surface area (Å²) in [6.45, 7) is 3.63. The van der Waals surface area contributed by atoms with E-state index in [-0.39, 0.29) is 12.4 Å². The average Bonchev–Trinajstić information content (AvgIpc) is 2.19. The summed E-state index contributed by atoms with van der Waals surface area (Å²) >= 11 is 4.12. The molecule has 0 aromatic heterocycles. The van der Waals surface area contributed by atoms with Gasteiger partial charge in [-0.15, -0.1) is 12.4 Å². The monoisotopic (exact) mass is 235 g/mol. The van der Waals surface area contributed by atoms with Gasteiger partial charge in [0, 0.05) is 12.3 Å². The van der Waals surface area contributed by atoms with E-state index in [1.807, 2.05) is 0 Å². The van der Waals surface area contributed by atoms with Crippen LogP contribution in [-0.4, -0.2) is 42.2 Å². The molecule has 0 amide bonds. The topological polar surface area (TPSA) is 41.6 Å². The van der Waals surface area contributed by atoms with E-state index in [1.54, 1.807) is 0 Å². The maximum atomic E-state index is 5.69. The van der Waals surface area contributed by atoms with Gasteiger partial charge in [0.2, 0.25) is 0 Å². The number of nitrogens with two attached hydrogens (primary N) is 1. The van der Waals surface area contributed by atoms with Gasteiger partial charge in [0.15, 0.2) is 0 Å². The van der Waals surface area contributed by atoms with Crippen LogP contribution >= 0.6 is 25.0 Å². The van der Waals surface area contributed by atoms with Gasteiger partial charge >= 0.3 is 0 Å². The Morgan fingerprint density at radius 1 is 1.43 bits per heavy atom. The van der Waals surface area contributed by atoms with Crippen molar-refractivity contribution in [3.8, 4) is 0 Å². The van der Waals surface area contributed by atoms with E-state index in [9.17, 15) is 0 Å². The fraction of sp³-hybridized carbons (Fsp3) is 0.889. The molecule has 3 aliphatic heterocycles. The maximum Gasteiger partial charge on any atom is 0.104 e. The van der Waals surface area contributed by atoms with Crippen molar-refractivity contribution in [2.45, 2.75) is 18.9 Å². The Morgan fingerprint density at radius 2 is 2.07 bits per heavy atom. The standard InChI is InChI=1S/C9H17N3S.ClH/c10-9(6-13)11-8-5-12-3-1-7(8)2-4-12;/h7-8,13H,1-6H2,(H2,10,11);1H. The predicted octanol–water partition coefficient (Wildman–Crippen LogP) is 0.789. The number of rotatable bonds is 2. The number of hydrogen-bond acceptors (Lipinski definition) is 3. The van der Waals surface area contributed by atoms with Crippen molar-refractivity contribution in [3.63, 3.8) is 0 Å². The van der Waals surface area contributed by atoms with Crippen LogP contribution in [0.2, 0.25) is 0 Å². The largest absolute Gasteiger partial charge is 0.387 e. The van der Waals surface area contributed by atoms with E-state index >= 15 is 0 Å². The molecule has 3 fully saturated rings. The van der Waals surface area contributed by atoms with E-state index in [1.165, 1.54) is 25.9 Å². The SMILES string of the molecule is Cl.NC(CS)=NC1CN2CCC1CC2. The van der Waals surface area contributed by atoms with Gasteiger partial charge in [0.1, 0.15) is 5.84 Å². The van der Waals surface area contributed by atoms with Crippen LogP contribution in [0, 0.1) is 5.92 Å².